The van der Waals surface area contributed by atoms with Crippen molar-refractivity contribution in [3.8, 4) is 11.8 Å². The maximum atomic E-state index is 15.4. The van der Waals surface area contributed by atoms with Crippen molar-refractivity contribution in [2.24, 2.45) is 22.7 Å². The molecule has 6 nitrogen and oxygen atoms in total. The molecule has 3 saturated carbocycles. The minimum atomic E-state index is -5.92. The number of halogens is 5. The maximum absolute atomic E-state index is 15.4. The lowest BCUT2D eigenvalue weighted by molar-refractivity contribution is -0.362. The fourth-order valence-corrected chi connectivity index (χ4v) is 9.53. The maximum Gasteiger partial charge on any atom is 0.456 e. The number of carbonyl (C=O) groups is 1. The molecule has 1 heterocycles. The lowest BCUT2D eigenvalue weighted by Crippen LogP contribution is -2.65. The highest BCUT2D eigenvalue weighted by atomic mass is 19.4. The molecule has 268 valence electrons. The van der Waals surface area contributed by atoms with Gasteiger partial charge in [0.15, 0.2) is 5.79 Å². The Kier molecular flexibility index (Phi) is 8.95. The third kappa shape index (κ3) is 5.94. The van der Waals surface area contributed by atoms with Crippen LogP contribution in [-0.2, 0) is 19.0 Å². The Bertz CT molecular complexity index is 1580. The molecule has 1 spiro atoms. The first-order valence-electron chi connectivity index (χ1n) is 17.2. The number of rotatable bonds is 4. The molecular weight excluding hydrogens is 647 g/mol. The second-order valence-corrected chi connectivity index (χ2v) is 15.7. The van der Waals surface area contributed by atoms with E-state index in [4.69, 9.17) is 14.2 Å². The zero-order chi connectivity index (χ0) is 35.7. The number of aliphatic hydroxyl groups is 2. The summed E-state index contributed by atoms with van der Waals surface area (Å²) in [6, 6.07) is 7.02. The molecule has 0 aromatic heterocycles. The molecule has 0 radical (unpaired) electrons. The Labute approximate surface area is 284 Å². The van der Waals surface area contributed by atoms with E-state index in [2.05, 4.69) is 11.8 Å². The van der Waals surface area contributed by atoms with E-state index >= 15 is 8.78 Å². The quantitative estimate of drug-likeness (QED) is 0.113. The third-order valence-electron chi connectivity index (χ3n) is 12.0. The van der Waals surface area contributed by atoms with Crippen molar-refractivity contribution in [1.82, 2.24) is 0 Å². The zero-order valence-electron chi connectivity index (χ0n) is 28.4. The van der Waals surface area contributed by atoms with E-state index in [0.29, 0.717) is 43.6 Å². The second-order valence-electron chi connectivity index (χ2n) is 15.7. The van der Waals surface area contributed by atoms with E-state index in [0.717, 1.165) is 11.1 Å². The Hall–Kier alpha value is -2.78. The molecule has 1 aliphatic heterocycles. The highest BCUT2D eigenvalue weighted by molar-refractivity contribution is 5.82. The van der Waals surface area contributed by atoms with Gasteiger partial charge >= 0.3 is 18.1 Å². The van der Waals surface area contributed by atoms with Gasteiger partial charge in [0, 0.05) is 41.2 Å². The summed E-state index contributed by atoms with van der Waals surface area (Å²) < 4.78 is 89.9. The van der Waals surface area contributed by atoms with Crippen molar-refractivity contribution in [1.29, 1.82) is 0 Å². The van der Waals surface area contributed by atoms with Crippen molar-refractivity contribution in [2.45, 2.75) is 114 Å². The number of benzene rings is 1. The summed E-state index contributed by atoms with van der Waals surface area (Å²) in [4.78, 5) is 11.6. The Morgan fingerprint density at radius 2 is 1.69 bits per heavy atom. The molecule has 49 heavy (non-hydrogen) atoms. The number of fused-ring (bicyclic) bond motifs is 4. The van der Waals surface area contributed by atoms with Gasteiger partial charge in [-0.05, 0) is 86.6 Å². The van der Waals surface area contributed by atoms with E-state index in [9.17, 15) is 28.2 Å². The molecule has 1 aromatic carbocycles. The van der Waals surface area contributed by atoms with Crippen LogP contribution in [0.4, 0.5) is 22.0 Å². The van der Waals surface area contributed by atoms with Gasteiger partial charge < -0.3 is 24.4 Å². The van der Waals surface area contributed by atoms with Crippen LogP contribution in [0.1, 0.15) is 96.1 Å². The monoisotopic (exact) mass is 692 g/mol. The summed E-state index contributed by atoms with van der Waals surface area (Å²) in [5.41, 5.74) is -3.57. The van der Waals surface area contributed by atoms with Gasteiger partial charge in [-0.2, -0.15) is 22.0 Å². The van der Waals surface area contributed by atoms with Crippen LogP contribution in [0.2, 0.25) is 0 Å². The summed E-state index contributed by atoms with van der Waals surface area (Å²) in [6.45, 7) is 8.36. The van der Waals surface area contributed by atoms with Crippen LogP contribution < -0.4 is 0 Å². The molecule has 0 bridgehead atoms. The molecule has 4 fully saturated rings. The first kappa shape index (κ1) is 36.0. The molecule has 11 heteroatoms. The zero-order valence-corrected chi connectivity index (χ0v) is 28.4. The SMILES string of the molecule is CCOC(=O)/C=C/C#Cc1ccc([C@H]2C[C@@]3(C)C(CC[C@@]3(O)C(F)(F)C(F)(F)F)C3CCC4(O)CC5(CCC4=C32)OCC(C)(C)CO5)cc1. The third-order valence-corrected chi connectivity index (χ3v) is 12.0. The lowest BCUT2D eigenvalue weighted by Gasteiger charge is -2.59. The number of allylic oxidation sites excluding steroid dienone is 2. The van der Waals surface area contributed by atoms with Crippen LogP contribution in [0, 0.1) is 34.5 Å². The van der Waals surface area contributed by atoms with Gasteiger partial charge in [-0.1, -0.05) is 50.3 Å². The highest BCUT2D eigenvalue weighted by Crippen LogP contribution is 2.71. The van der Waals surface area contributed by atoms with Crippen LogP contribution in [0.15, 0.2) is 47.6 Å². The Morgan fingerprint density at radius 1 is 1.02 bits per heavy atom. The van der Waals surface area contributed by atoms with E-state index in [1.807, 2.05) is 13.8 Å². The van der Waals surface area contributed by atoms with Crippen LogP contribution in [0.25, 0.3) is 0 Å². The first-order chi connectivity index (χ1) is 22.8. The van der Waals surface area contributed by atoms with E-state index in [-0.39, 0.29) is 37.7 Å². The van der Waals surface area contributed by atoms with Crippen LogP contribution >= 0.6 is 0 Å². The summed E-state index contributed by atoms with van der Waals surface area (Å²) >= 11 is 0. The average Bonchev–Trinajstić information content (AvgIpc) is 3.31. The van der Waals surface area contributed by atoms with Gasteiger partial charge in [0.25, 0.3) is 0 Å². The molecule has 1 aromatic rings. The molecule has 6 rings (SSSR count). The standard InChI is InChI=1S/C38H45F5O6/c1-5-47-30(44)9-7-6-8-24-10-12-25(13-11-24)27-20-33(4)28(16-19-36(33,46)37(39,40)38(41,42)43)26-14-17-34(45)21-35(18-15-29(34)31(26)27)48-22-32(2,3)23-49-35/h7,9-13,26-28,45-46H,5,14-23H2,1-4H3/b9-7+/t26?,27-,28?,33+,34?,36+/m1/s1. The smallest absolute Gasteiger partial charge is 0.456 e. The minimum absolute atomic E-state index is 0.0182. The highest BCUT2D eigenvalue weighted by Gasteiger charge is 2.79. The van der Waals surface area contributed by atoms with Gasteiger partial charge in [-0.25, -0.2) is 4.79 Å². The van der Waals surface area contributed by atoms with Crippen molar-refractivity contribution >= 4 is 5.97 Å². The summed E-state index contributed by atoms with van der Waals surface area (Å²) in [7, 11) is 0. The lowest BCUT2D eigenvalue weighted by atomic mass is 9.49. The number of alkyl halides is 5. The summed E-state index contributed by atoms with van der Waals surface area (Å²) in [5, 5.41) is 23.9. The van der Waals surface area contributed by atoms with Gasteiger partial charge in [0.2, 0.25) is 0 Å². The molecule has 5 aliphatic rings. The van der Waals surface area contributed by atoms with E-state index < -0.39 is 64.6 Å². The second kappa shape index (κ2) is 12.2. The molecule has 6 atom stereocenters. The predicted octanol–water partition coefficient (Wildman–Crippen LogP) is 7.38. The van der Waals surface area contributed by atoms with E-state index in [1.165, 1.54) is 19.1 Å². The first-order valence-corrected chi connectivity index (χ1v) is 17.2. The molecule has 3 unspecified atom stereocenters. The predicted molar refractivity (Wildman–Crippen MR) is 170 cm³/mol. The topological polar surface area (TPSA) is 85.2 Å². The summed E-state index contributed by atoms with van der Waals surface area (Å²) in [5.74, 6) is -2.76. The Balaban J connectivity index is 1.40. The largest absolute Gasteiger partial charge is 0.463 e. The van der Waals surface area contributed by atoms with Crippen molar-refractivity contribution < 1.29 is 51.2 Å². The number of hydrogen-bond acceptors (Lipinski definition) is 6. The van der Waals surface area contributed by atoms with Crippen LogP contribution in [-0.4, -0.2) is 65.1 Å². The van der Waals surface area contributed by atoms with Crippen molar-refractivity contribution in [3.05, 3.63) is 58.7 Å². The molecular formula is C38H45F5O6. The van der Waals surface area contributed by atoms with Crippen molar-refractivity contribution in [2.75, 3.05) is 19.8 Å². The number of esters is 1. The van der Waals surface area contributed by atoms with Gasteiger partial charge in [0.1, 0.15) is 5.60 Å². The van der Waals surface area contributed by atoms with E-state index in [1.54, 1.807) is 31.2 Å². The van der Waals surface area contributed by atoms with Crippen molar-refractivity contribution in [3.63, 3.8) is 0 Å². The Morgan fingerprint density at radius 3 is 2.33 bits per heavy atom. The van der Waals surface area contributed by atoms with Gasteiger partial charge in [-0.15, -0.1) is 0 Å². The molecule has 2 N–H and O–H groups in total. The number of ether oxygens (including phenoxy) is 3. The fraction of sp³-hybridized carbons (Fsp3) is 0.658. The normalized spacial score (nSPS) is 35.3. The molecule has 0 amide bonds. The van der Waals surface area contributed by atoms with Gasteiger partial charge in [-0.3, -0.25) is 0 Å². The minimum Gasteiger partial charge on any atom is -0.463 e. The number of hydrogen-bond donors (Lipinski definition) is 2. The molecule has 1 saturated heterocycles. The number of carbonyl (C=O) groups excluding carboxylic acids is 1. The fourth-order valence-electron chi connectivity index (χ4n) is 9.53. The summed E-state index contributed by atoms with van der Waals surface area (Å²) in [6.07, 6.45) is -2.37. The molecule has 4 aliphatic carbocycles. The van der Waals surface area contributed by atoms with Crippen LogP contribution in [0.5, 0.6) is 0 Å². The average molecular weight is 693 g/mol. The van der Waals surface area contributed by atoms with Crippen LogP contribution in [0.3, 0.4) is 0 Å². The van der Waals surface area contributed by atoms with Gasteiger partial charge in [0.05, 0.1) is 25.4 Å².